The molecule has 1 aromatic rings. The van der Waals surface area contributed by atoms with E-state index in [0.717, 1.165) is 5.56 Å². The number of esters is 1. The van der Waals surface area contributed by atoms with Gasteiger partial charge in [-0.05, 0) is 29.2 Å². The molecule has 1 saturated heterocycles. The summed E-state index contributed by atoms with van der Waals surface area (Å²) in [6.45, 7) is 11.6. The van der Waals surface area contributed by atoms with Gasteiger partial charge in [-0.2, -0.15) is 0 Å². The minimum absolute atomic E-state index is 0.149. The van der Waals surface area contributed by atoms with Crippen LogP contribution in [0.3, 0.4) is 0 Å². The van der Waals surface area contributed by atoms with Gasteiger partial charge in [-0.15, -0.1) is 0 Å². The molecule has 0 unspecified atom stereocenters. The maximum atomic E-state index is 14.9. The SMILES string of the molecule is CC(=O)OC[C@H]1O[C@@H](F)[C@H](N=[N+]=[N-])[C@@H](OCc2ccccc2)[C@@H]1O[Si](C)(C)C(C)(C)C. The van der Waals surface area contributed by atoms with Crippen molar-refractivity contribution in [2.24, 2.45) is 5.11 Å². The maximum absolute atomic E-state index is 14.9. The van der Waals surface area contributed by atoms with Crippen LogP contribution in [0, 0.1) is 0 Å². The molecule has 0 N–H and O–H groups in total. The lowest BCUT2D eigenvalue weighted by atomic mass is 9.97. The van der Waals surface area contributed by atoms with Gasteiger partial charge in [-0.3, -0.25) is 4.79 Å². The van der Waals surface area contributed by atoms with Gasteiger partial charge in [-0.25, -0.2) is 4.39 Å². The summed E-state index contributed by atoms with van der Waals surface area (Å²) in [7, 11) is -2.37. The zero-order chi connectivity index (χ0) is 23.2. The van der Waals surface area contributed by atoms with E-state index < -0.39 is 45.0 Å². The van der Waals surface area contributed by atoms with E-state index in [0.29, 0.717) is 0 Å². The largest absolute Gasteiger partial charge is 0.463 e. The van der Waals surface area contributed by atoms with Crippen molar-refractivity contribution >= 4 is 14.3 Å². The van der Waals surface area contributed by atoms with Crippen molar-refractivity contribution in [3.63, 3.8) is 0 Å². The van der Waals surface area contributed by atoms with Gasteiger partial charge in [0.1, 0.15) is 24.9 Å². The average molecular weight is 454 g/mol. The third-order valence-electron chi connectivity index (χ3n) is 5.76. The Kier molecular flexibility index (Phi) is 8.62. The van der Waals surface area contributed by atoms with Gasteiger partial charge >= 0.3 is 5.97 Å². The van der Waals surface area contributed by atoms with Gasteiger partial charge in [0, 0.05) is 11.8 Å². The highest BCUT2D eigenvalue weighted by molar-refractivity contribution is 6.74. The number of azide groups is 1. The fourth-order valence-corrected chi connectivity index (χ4v) is 4.33. The van der Waals surface area contributed by atoms with Crippen LogP contribution >= 0.6 is 0 Å². The zero-order valence-electron chi connectivity index (χ0n) is 18.9. The lowest BCUT2D eigenvalue weighted by Gasteiger charge is -2.47. The molecule has 0 spiro atoms. The molecule has 0 aliphatic carbocycles. The average Bonchev–Trinajstić information content (AvgIpc) is 2.68. The first-order valence-corrected chi connectivity index (χ1v) is 13.2. The number of nitrogens with zero attached hydrogens (tertiary/aromatic N) is 3. The fraction of sp³-hybridized carbons (Fsp3) is 0.667. The molecule has 0 saturated carbocycles. The second kappa shape index (κ2) is 10.6. The van der Waals surface area contributed by atoms with Gasteiger partial charge in [0.25, 0.3) is 0 Å². The van der Waals surface area contributed by atoms with E-state index in [9.17, 15) is 9.18 Å². The van der Waals surface area contributed by atoms with Crippen molar-refractivity contribution in [1.29, 1.82) is 0 Å². The normalized spacial score (nSPS) is 26.7. The van der Waals surface area contributed by atoms with E-state index in [2.05, 4.69) is 30.8 Å². The predicted octanol–water partition coefficient (Wildman–Crippen LogP) is 4.90. The number of hydrogen-bond acceptors (Lipinski definition) is 6. The Morgan fingerprint density at radius 3 is 2.45 bits per heavy atom. The summed E-state index contributed by atoms with van der Waals surface area (Å²) in [4.78, 5) is 14.2. The van der Waals surface area contributed by atoms with E-state index in [-0.39, 0.29) is 18.3 Å². The van der Waals surface area contributed by atoms with Crippen LogP contribution in [-0.2, 0) is 30.0 Å². The van der Waals surface area contributed by atoms with Crippen LogP contribution in [0.15, 0.2) is 35.4 Å². The van der Waals surface area contributed by atoms with Crippen LogP contribution in [0.2, 0.25) is 18.1 Å². The highest BCUT2D eigenvalue weighted by Gasteiger charge is 2.51. The fourth-order valence-electron chi connectivity index (χ4n) is 3.01. The molecular weight excluding hydrogens is 421 g/mol. The molecular formula is C21H32FN3O5Si. The summed E-state index contributed by atoms with van der Waals surface area (Å²) in [5.74, 6) is -0.510. The summed E-state index contributed by atoms with van der Waals surface area (Å²) in [6.07, 6.45) is -4.53. The number of rotatable bonds is 8. The monoisotopic (exact) mass is 453 g/mol. The standard InChI is InChI=1S/C21H32FN3O5Si/c1-14(26)27-13-16-18(30-31(5,6)21(2,3)4)19(17(24-25-23)20(22)29-16)28-12-15-10-8-7-9-11-15/h7-11,16-20H,12-13H2,1-6H3/t16-,17-,18-,19-,20-/m1/s1. The Labute approximate surface area is 183 Å². The molecule has 31 heavy (non-hydrogen) atoms. The number of carbonyl (C=O) groups is 1. The molecule has 1 aliphatic heterocycles. The molecule has 1 aromatic carbocycles. The quantitative estimate of drug-likeness (QED) is 0.183. The minimum Gasteiger partial charge on any atom is -0.463 e. The summed E-state index contributed by atoms with van der Waals surface area (Å²) >= 11 is 0. The van der Waals surface area contributed by atoms with Crippen LogP contribution < -0.4 is 0 Å². The maximum Gasteiger partial charge on any atom is 0.302 e. The molecule has 1 aliphatic rings. The molecule has 10 heteroatoms. The Balaban J connectivity index is 2.39. The van der Waals surface area contributed by atoms with Crippen molar-refractivity contribution in [3.05, 3.63) is 46.3 Å². The van der Waals surface area contributed by atoms with E-state index in [1.807, 2.05) is 43.4 Å². The summed E-state index contributed by atoms with van der Waals surface area (Å²) < 4.78 is 38.1. The van der Waals surface area contributed by atoms with Crippen LogP contribution in [0.25, 0.3) is 10.4 Å². The topological polar surface area (TPSA) is 103 Å². The third kappa shape index (κ3) is 6.75. The van der Waals surface area contributed by atoms with Gasteiger partial charge in [0.2, 0.25) is 6.36 Å². The van der Waals surface area contributed by atoms with Crippen LogP contribution in [-0.4, -0.2) is 51.6 Å². The second-order valence-corrected chi connectivity index (χ2v) is 13.9. The first-order valence-electron chi connectivity index (χ1n) is 10.3. The van der Waals surface area contributed by atoms with Crippen LogP contribution in [0.5, 0.6) is 0 Å². The second-order valence-electron chi connectivity index (χ2n) is 9.13. The third-order valence-corrected chi connectivity index (χ3v) is 10.2. The lowest BCUT2D eigenvalue weighted by molar-refractivity contribution is -0.234. The summed E-state index contributed by atoms with van der Waals surface area (Å²) in [5, 5.41) is 3.46. The van der Waals surface area contributed by atoms with Crippen molar-refractivity contribution in [1.82, 2.24) is 0 Å². The molecule has 0 aromatic heterocycles. The molecule has 2 rings (SSSR count). The Morgan fingerprint density at radius 1 is 1.26 bits per heavy atom. The van der Waals surface area contributed by atoms with Crippen molar-refractivity contribution in [2.75, 3.05) is 6.61 Å². The van der Waals surface area contributed by atoms with E-state index in [4.69, 9.17) is 24.2 Å². The zero-order valence-corrected chi connectivity index (χ0v) is 19.9. The molecule has 8 nitrogen and oxygen atoms in total. The van der Waals surface area contributed by atoms with Crippen molar-refractivity contribution in [2.45, 2.75) is 83.1 Å². The minimum atomic E-state index is -2.37. The lowest BCUT2D eigenvalue weighted by Crippen LogP contribution is -2.62. The first kappa shape index (κ1) is 25.3. The Hall–Kier alpha value is -1.97. The van der Waals surface area contributed by atoms with Gasteiger partial charge in [0.05, 0.1) is 12.7 Å². The first-order chi connectivity index (χ1) is 14.5. The molecule has 1 fully saturated rings. The molecule has 0 amide bonds. The Morgan fingerprint density at radius 2 is 1.90 bits per heavy atom. The summed E-state index contributed by atoms with van der Waals surface area (Å²) in [5.41, 5.74) is 9.89. The van der Waals surface area contributed by atoms with Gasteiger partial charge in [-0.1, -0.05) is 56.2 Å². The van der Waals surface area contributed by atoms with E-state index in [1.165, 1.54) is 6.92 Å². The van der Waals surface area contributed by atoms with E-state index >= 15 is 0 Å². The highest BCUT2D eigenvalue weighted by Crippen LogP contribution is 2.40. The number of hydrogen-bond donors (Lipinski definition) is 0. The molecule has 1 heterocycles. The van der Waals surface area contributed by atoms with Crippen LogP contribution in [0.4, 0.5) is 4.39 Å². The number of ether oxygens (including phenoxy) is 3. The molecule has 0 radical (unpaired) electrons. The number of halogens is 1. The number of benzene rings is 1. The molecule has 0 bridgehead atoms. The Bertz CT molecular complexity index is 783. The van der Waals surface area contributed by atoms with Gasteiger partial charge in [0.15, 0.2) is 8.32 Å². The van der Waals surface area contributed by atoms with Gasteiger partial charge < -0.3 is 18.6 Å². The molecule has 5 atom stereocenters. The highest BCUT2D eigenvalue weighted by atomic mass is 28.4. The number of alkyl halides is 1. The number of carbonyl (C=O) groups excluding carboxylic acids is 1. The van der Waals surface area contributed by atoms with Crippen molar-refractivity contribution in [3.8, 4) is 0 Å². The smallest absolute Gasteiger partial charge is 0.302 e. The van der Waals surface area contributed by atoms with Crippen molar-refractivity contribution < 1.29 is 27.8 Å². The molecule has 172 valence electrons. The summed E-state index contributed by atoms with van der Waals surface area (Å²) in [6, 6.07) is 8.16. The van der Waals surface area contributed by atoms with E-state index in [1.54, 1.807) is 0 Å². The van der Waals surface area contributed by atoms with Crippen LogP contribution in [0.1, 0.15) is 33.3 Å². The predicted molar refractivity (Wildman–Crippen MR) is 116 cm³/mol.